The van der Waals surface area contributed by atoms with Gasteiger partial charge in [-0.25, -0.2) is 4.98 Å². The Bertz CT molecular complexity index is 1440. The highest BCUT2D eigenvalue weighted by Gasteiger charge is 2.20. The second kappa shape index (κ2) is 10.2. The third-order valence-electron chi connectivity index (χ3n) is 8.02. The maximum Gasteiger partial charge on any atom is 0.253 e. The number of aromatic amines is 1. The molecule has 7 nitrogen and oxygen atoms in total. The molecule has 196 valence electrons. The number of carbonyl (C=O) groups is 1. The first-order valence-electron chi connectivity index (χ1n) is 13.6. The summed E-state index contributed by atoms with van der Waals surface area (Å²) in [5.41, 5.74) is 10.1. The van der Waals surface area contributed by atoms with Gasteiger partial charge in [-0.15, -0.1) is 0 Å². The summed E-state index contributed by atoms with van der Waals surface area (Å²) in [6, 6.07) is 14.8. The van der Waals surface area contributed by atoms with Gasteiger partial charge in [-0.05, 0) is 73.5 Å². The zero-order valence-corrected chi connectivity index (χ0v) is 22.6. The van der Waals surface area contributed by atoms with Crippen LogP contribution in [0.4, 0.5) is 5.69 Å². The highest BCUT2D eigenvalue weighted by atomic mass is 16.2. The molecule has 0 aliphatic carbocycles. The topological polar surface area (TPSA) is 67.5 Å². The number of hydrogen-bond acceptors (Lipinski definition) is 5. The Morgan fingerprint density at radius 3 is 2.21 bits per heavy atom. The number of nitrogens with one attached hydrogen (secondary N) is 2. The fourth-order valence-corrected chi connectivity index (χ4v) is 5.89. The van der Waals surface area contributed by atoms with E-state index in [1.807, 2.05) is 41.6 Å². The van der Waals surface area contributed by atoms with Crippen molar-refractivity contribution in [2.24, 2.45) is 0 Å². The molecular weight excluding hydrogens is 472 g/mol. The number of piperazine rings is 2. The maximum absolute atomic E-state index is 12.9. The van der Waals surface area contributed by atoms with E-state index in [4.69, 9.17) is 4.98 Å². The number of carbonyl (C=O) groups excluding carboxylic acids is 1. The number of H-pyrrole nitrogens is 1. The molecule has 2 aromatic carbocycles. The number of nitrogens with zero attached hydrogens (tertiary/aromatic N) is 4. The molecule has 2 aliphatic rings. The molecule has 0 bridgehead atoms. The Labute approximate surface area is 224 Å². The van der Waals surface area contributed by atoms with Gasteiger partial charge in [-0.2, -0.15) is 0 Å². The number of rotatable bonds is 4. The zero-order valence-electron chi connectivity index (χ0n) is 22.6. The van der Waals surface area contributed by atoms with Crippen LogP contribution in [0, 0.1) is 13.8 Å². The molecule has 2 fully saturated rings. The van der Waals surface area contributed by atoms with Gasteiger partial charge >= 0.3 is 0 Å². The minimum Gasteiger partial charge on any atom is -0.369 e. The van der Waals surface area contributed by atoms with Crippen molar-refractivity contribution in [2.75, 3.05) is 64.3 Å². The van der Waals surface area contributed by atoms with Crippen molar-refractivity contribution in [2.45, 2.75) is 13.8 Å². The quantitative estimate of drug-likeness (QED) is 0.430. The molecule has 0 unspecified atom stereocenters. The van der Waals surface area contributed by atoms with Crippen molar-refractivity contribution in [1.82, 2.24) is 25.1 Å². The molecule has 6 rings (SSSR count). The van der Waals surface area contributed by atoms with Crippen molar-refractivity contribution in [3.63, 3.8) is 0 Å². The molecule has 0 radical (unpaired) electrons. The first-order valence-corrected chi connectivity index (χ1v) is 13.6. The summed E-state index contributed by atoms with van der Waals surface area (Å²) >= 11 is 0. The van der Waals surface area contributed by atoms with E-state index >= 15 is 0 Å². The number of benzene rings is 2. The average Bonchev–Trinajstić information content (AvgIpc) is 3.37. The highest BCUT2D eigenvalue weighted by molar-refractivity contribution is 5.98. The predicted molar refractivity (Wildman–Crippen MR) is 155 cm³/mol. The lowest BCUT2D eigenvalue weighted by atomic mass is 9.97. The molecule has 0 saturated carbocycles. The molecule has 1 amide bonds. The van der Waals surface area contributed by atoms with Crippen LogP contribution >= 0.6 is 0 Å². The summed E-state index contributed by atoms with van der Waals surface area (Å²) in [5.74, 6) is 0.103. The average molecular weight is 509 g/mol. The number of fused-ring (bicyclic) bond motifs is 1. The van der Waals surface area contributed by atoms with Crippen LogP contribution in [0.15, 0.2) is 54.9 Å². The Kier molecular flexibility index (Phi) is 6.64. The standard InChI is InChI=1S/C31H36N6O/c1-21-16-25(17-22(2)29(21)36-14-12-35(3)13-15-36)26-18-27-28(20-34-30(27)33-19-26)23-4-6-24(7-5-23)31(38)37-10-8-32-9-11-37/h4-7,16-20,32H,8-15H2,1-3H3,(H,33,34). The Balaban J connectivity index is 1.28. The summed E-state index contributed by atoms with van der Waals surface area (Å²) in [5, 5.41) is 4.39. The first-order chi connectivity index (χ1) is 18.5. The van der Waals surface area contributed by atoms with E-state index < -0.39 is 0 Å². The van der Waals surface area contributed by atoms with Gasteiger partial charge in [0.25, 0.3) is 5.91 Å². The van der Waals surface area contributed by atoms with Crippen molar-refractivity contribution >= 4 is 22.6 Å². The molecule has 2 saturated heterocycles. The monoisotopic (exact) mass is 508 g/mol. The fraction of sp³-hybridized carbons (Fsp3) is 0.355. The summed E-state index contributed by atoms with van der Waals surface area (Å²) in [6.07, 6.45) is 3.98. The van der Waals surface area contributed by atoms with E-state index in [9.17, 15) is 4.79 Å². The molecule has 4 heterocycles. The number of likely N-dealkylation sites (N-methyl/N-ethyl adjacent to an activating group) is 1. The third kappa shape index (κ3) is 4.68. The van der Waals surface area contributed by atoms with E-state index in [0.29, 0.717) is 0 Å². The molecule has 4 aromatic rings. The van der Waals surface area contributed by atoms with Crippen LogP contribution in [-0.2, 0) is 0 Å². The number of hydrogen-bond donors (Lipinski definition) is 2. The van der Waals surface area contributed by atoms with Crippen LogP contribution in [0.2, 0.25) is 0 Å². The van der Waals surface area contributed by atoms with Crippen molar-refractivity contribution in [1.29, 1.82) is 0 Å². The summed E-state index contributed by atoms with van der Waals surface area (Å²) in [4.78, 5) is 27.8. The SMILES string of the molecule is Cc1cc(-c2cnc3[nH]cc(-c4ccc(C(=O)N5CCNCC5)cc4)c3c2)cc(C)c1N1CCN(C)CC1. The normalized spacial score (nSPS) is 16.8. The number of amides is 1. The number of pyridine rings is 1. The lowest BCUT2D eigenvalue weighted by molar-refractivity contribution is 0.0736. The molecule has 2 N–H and O–H groups in total. The van der Waals surface area contributed by atoms with Gasteiger partial charge in [0.2, 0.25) is 0 Å². The molecule has 38 heavy (non-hydrogen) atoms. The lowest BCUT2D eigenvalue weighted by Crippen LogP contribution is -2.46. The molecule has 0 atom stereocenters. The number of aromatic nitrogens is 2. The molecule has 0 spiro atoms. The Morgan fingerprint density at radius 1 is 0.842 bits per heavy atom. The van der Waals surface area contributed by atoms with Crippen LogP contribution in [0.5, 0.6) is 0 Å². The van der Waals surface area contributed by atoms with Gasteiger partial charge in [0.15, 0.2) is 0 Å². The predicted octanol–water partition coefficient (Wildman–Crippen LogP) is 4.31. The van der Waals surface area contributed by atoms with Crippen LogP contribution < -0.4 is 10.2 Å². The highest BCUT2D eigenvalue weighted by Crippen LogP contribution is 2.35. The maximum atomic E-state index is 12.9. The Morgan fingerprint density at radius 2 is 1.53 bits per heavy atom. The third-order valence-corrected chi connectivity index (χ3v) is 8.02. The van der Waals surface area contributed by atoms with Gasteiger partial charge in [-0.1, -0.05) is 12.1 Å². The number of aryl methyl sites for hydroxylation is 2. The van der Waals surface area contributed by atoms with Crippen LogP contribution in [0.25, 0.3) is 33.3 Å². The lowest BCUT2D eigenvalue weighted by Gasteiger charge is -2.36. The molecule has 7 heteroatoms. The largest absolute Gasteiger partial charge is 0.369 e. The van der Waals surface area contributed by atoms with Gasteiger partial charge in [-0.3, -0.25) is 4.79 Å². The smallest absolute Gasteiger partial charge is 0.253 e. The Hall–Kier alpha value is -3.68. The molecular formula is C31H36N6O. The minimum absolute atomic E-state index is 0.103. The van der Waals surface area contributed by atoms with Crippen LogP contribution in [0.1, 0.15) is 21.5 Å². The summed E-state index contributed by atoms with van der Waals surface area (Å²) < 4.78 is 0. The van der Waals surface area contributed by atoms with E-state index in [2.05, 4.69) is 59.2 Å². The van der Waals surface area contributed by atoms with Gasteiger partial charge in [0.05, 0.1) is 0 Å². The second-order valence-electron chi connectivity index (χ2n) is 10.7. The van der Waals surface area contributed by atoms with Crippen molar-refractivity contribution < 1.29 is 4.79 Å². The van der Waals surface area contributed by atoms with E-state index in [0.717, 1.165) is 85.6 Å². The van der Waals surface area contributed by atoms with Crippen molar-refractivity contribution in [3.8, 4) is 22.3 Å². The van der Waals surface area contributed by atoms with Gasteiger partial charge in [0.1, 0.15) is 5.65 Å². The first kappa shape index (κ1) is 24.6. The van der Waals surface area contributed by atoms with E-state index in [1.165, 1.54) is 22.4 Å². The van der Waals surface area contributed by atoms with Crippen LogP contribution in [-0.4, -0.2) is 85.1 Å². The molecule has 2 aliphatic heterocycles. The summed E-state index contributed by atoms with van der Waals surface area (Å²) in [6.45, 7) is 12.0. The summed E-state index contributed by atoms with van der Waals surface area (Å²) in [7, 11) is 2.19. The zero-order chi connectivity index (χ0) is 26.2. The second-order valence-corrected chi connectivity index (χ2v) is 10.7. The van der Waals surface area contributed by atoms with Gasteiger partial charge in [0, 0.05) is 92.5 Å². The molecule has 2 aromatic heterocycles. The minimum atomic E-state index is 0.103. The van der Waals surface area contributed by atoms with E-state index in [-0.39, 0.29) is 5.91 Å². The van der Waals surface area contributed by atoms with E-state index in [1.54, 1.807) is 0 Å². The van der Waals surface area contributed by atoms with Crippen LogP contribution in [0.3, 0.4) is 0 Å². The number of anilines is 1. The fourth-order valence-electron chi connectivity index (χ4n) is 5.89. The van der Waals surface area contributed by atoms with Gasteiger partial charge < -0.3 is 25.0 Å². The van der Waals surface area contributed by atoms with Crippen molar-refractivity contribution in [3.05, 3.63) is 71.5 Å².